The van der Waals surface area contributed by atoms with Gasteiger partial charge in [-0.1, -0.05) is 43.7 Å². The first-order chi connectivity index (χ1) is 13.2. The van der Waals surface area contributed by atoms with Crippen molar-refractivity contribution in [3.05, 3.63) is 60.2 Å². The number of sulfone groups is 1. The van der Waals surface area contributed by atoms with Gasteiger partial charge in [-0.25, -0.2) is 21.6 Å². The standard InChI is InChI=1S/C20H28N2O4S2/c1-4-5-15-27(23,24)21-16-20(17-11-13-18(14-12-17)22(2)3)28(25,26)19-9-7-6-8-10-19/h6-14,20-21H,4-5,15-16H2,1-3H3/t20-/m1/s1. The topological polar surface area (TPSA) is 83.6 Å². The lowest BCUT2D eigenvalue weighted by Crippen LogP contribution is -2.33. The predicted molar refractivity (Wildman–Crippen MR) is 114 cm³/mol. The molecule has 0 fully saturated rings. The van der Waals surface area contributed by atoms with Crippen molar-refractivity contribution in [3.8, 4) is 0 Å². The maximum absolute atomic E-state index is 13.2. The summed E-state index contributed by atoms with van der Waals surface area (Å²) >= 11 is 0. The molecule has 0 saturated carbocycles. The number of sulfonamides is 1. The zero-order valence-electron chi connectivity index (χ0n) is 16.5. The molecule has 0 radical (unpaired) electrons. The Morgan fingerprint density at radius 2 is 1.54 bits per heavy atom. The fraction of sp³-hybridized carbons (Fsp3) is 0.400. The van der Waals surface area contributed by atoms with Gasteiger partial charge in [-0.3, -0.25) is 0 Å². The maximum Gasteiger partial charge on any atom is 0.211 e. The summed E-state index contributed by atoms with van der Waals surface area (Å²) in [4.78, 5) is 2.09. The largest absolute Gasteiger partial charge is 0.378 e. The first kappa shape index (κ1) is 22.4. The van der Waals surface area contributed by atoms with Gasteiger partial charge < -0.3 is 4.90 Å². The van der Waals surface area contributed by atoms with Crippen molar-refractivity contribution in [1.82, 2.24) is 4.72 Å². The fourth-order valence-corrected chi connectivity index (χ4v) is 5.80. The highest BCUT2D eigenvalue weighted by atomic mass is 32.2. The summed E-state index contributed by atoms with van der Waals surface area (Å²) < 4.78 is 53.4. The molecule has 6 nitrogen and oxygen atoms in total. The minimum Gasteiger partial charge on any atom is -0.378 e. The maximum atomic E-state index is 13.2. The lowest BCUT2D eigenvalue weighted by molar-refractivity contribution is 0.567. The quantitative estimate of drug-likeness (QED) is 0.634. The van der Waals surface area contributed by atoms with Gasteiger partial charge >= 0.3 is 0 Å². The first-order valence-electron chi connectivity index (χ1n) is 9.21. The molecule has 0 heterocycles. The monoisotopic (exact) mass is 424 g/mol. The highest BCUT2D eigenvalue weighted by Gasteiger charge is 2.30. The van der Waals surface area contributed by atoms with E-state index in [1.165, 1.54) is 12.1 Å². The molecule has 0 aromatic heterocycles. The van der Waals surface area contributed by atoms with E-state index in [0.29, 0.717) is 12.0 Å². The molecule has 2 aromatic rings. The van der Waals surface area contributed by atoms with E-state index in [1.807, 2.05) is 38.1 Å². The molecule has 0 bridgehead atoms. The van der Waals surface area contributed by atoms with Crippen LogP contribution in [0.1, 0.15) is 30.6 Å². The highest BCUT2D eigenvalue weighted by Crippen LogP contribution is 2.29. The van der Waals surface area contributed by atoms with Crippen LogP contribution in [0.5, 0.6) is 0 Å². The normalized spacial score (nSPS) is 13.2. The van der Waals surface area contributed by atoms with Gasteiger partial charge in [0.15, 0.2) is 9.84 Å². The second-order valence-electron chi connectivity index (χ2n) is 6.85. The molecule has 1 N–H and O–H groups in total. The third kappa shape index (κ3) is 5.80. The molecule has 154 valence electrons. The molecule has 0 unspecified atom stereocenters. The molecule has 0 saturated heterocycles. The van der Waals surface area contributed by atoms with Crippen molar-refractivity contribution >= 4 is 25.5 Å². The van der Waals surface area contributed by atoms with Gasteiger partial charge in [0.25, 0.3) is 0 Å². The molecule has 2 aromatic carbocycles. The zero-order chi connectivity index (χ0) is 20.8. The number of benzene rings is 2. The number of nitrogens with one attached hydrogen (secondary N) is 1. The van der Waals surface area contributed by atoms with E-state index >= 15 is 0 Å². The molecule has 1 atom stereocenters. The third-order valence-electron chi connectivity index (χ3n) is 4.48. The first-order valence-corrected chi connectivity index (χ1v) is 12.4. The van der Waals surface area contributed by atoms with Crippen LogP contribution in [0, 0.1) is 0 Å². The zero-order valence-corrected chi connectivity index (χ0v) is 18.1. The van der Waals surface area contributed by atoms with Gasteiger partial charge in [0.2, 0.25) is 10.0 Å². The Balaban J connectivity index is 2.38. The third-order valence-corrected chi connectivity index (χ3v) is 8.03. The molecule has 0 aliphatic carbocycles. The van der Waals surface area contributed by atoms with Crippen molar-refractivity contribution in [3.63, 3.8) is 0 Å². The molecule has 2 rings (SSSR count). The van der Waals surface area contributed by atoms with Crippen molar-refractivity contribution in [2.45, 2.75) is 29.9 Å². The number of nitrogens with zero attached hydrogens (tertiary/aromatic N) is 1. The molecule has 28 heavy (non-hydrogen) atoms. The number of anilines is 1. The van der Waals surface area contributed by atoms with Crippen LogP contribution >= 0.6 is 0 Å². The van der Waals surface area contributed by atoms with Gasteiger partial charge in [-0.15, -0.1) is 0 Å². The van der Waals surface area contributed by atoms with Gasteiger partial charge in [-0.05, 0) is 36.2 Å². The number of hydrogen-bond donors (Lipinski definition) is 1. The number of rotatable bonds is 10. The van der Waals surface area contributed by atoms with Crippen LogP contribution in [0.25, 0.3) is 0 Å². The van der Waals surface area contributed by atoms with Gasteiger partial charge in [0.05, 0.1) is 10.6 Å². The van der Waals surface area contributed by atoms with Gasteiger partial charge in [0.1, 0.15) is 5.25 Å². The van der Waals surface area contributed by atoms with E-state index in [2.05, 4.69) is 4.72 Å². The van der Waals surface area contributed by atoms with Crippen molar-refractivity contribution in [2.75, 3.05) is 31.3 Å². The molecule has 0 amide bonds. The van der Waals surface area contributed by atoms with E-state index in [1.54, 1.807) is 30.3 Å². The highest BCUT2D eigenvalue weighted by molar-refractivity contribution is 7.92. The Bertz CT molecular complexity index is 955. The van der Waals surface area contributed by atoms with Crippen molar-refractivity contribution < 1.29 is 16.8 Å². The summed E-state index contributed by atoms with van der Waals surface area (Å²) in [5, 5.41) is -1.01. The van der Waals surface area contributed by atoms with Crippen molar-refractivity contribution in [2.24, 2.45) is 0 Å². The van der Waals surface area contributed by atoms with E-state index in [-0.39, 0.29) is 17.2 Å². The number of hydrogen-bond acceptors (Lipinski definition) is 5. The summed E-state index contributed by atoms with van der Waals surface area (Å²) in [5.74, 6) is -0.0127. The molecular weight excluding hydrogens is 396 g/mol. The van der Waals surface area contributed by atoms with E-state index in [4.69, 9.17) is 0 Å². The summed E-state index contributed by atoms with van der Waals surface area (Å²) in [6.45, 7) is 1.70. The van der Waals surface area contributed by atoms with Crippen LogP contribution < -0.4 is 9.62 Å². The second kappa shape index (κ2) is 9.54. The Labute approximate surface area is 168 Å². The number of unbranched alkanes of at least 4 members (excludes halogenated alkanes) is 1. The van der Waals surface area contributed by atoms with Gasteiger partial charge in [0, 0.05) is 26.3 Å². The van der Waals surface area contributed by atoms with E-state index < -0.39 is 25.1 Å². The predicted octanol–water partition coefficient (Wildman–Crippen LogP) is 2.99. The average molecular weight is 425 g/mol. The van der Waals surface area contributed by atoms with Crippen molar-refractivity contribution in [1.29, 1.82) is 0 Å². The minimum absolute atomic E-state index is 0.0127. The van der Waals surface area contributed by atoms with Gasteiger partial charge in [-0.2, -0.15) is 0 Å². The Morgan fingerprint density at radius 1 is 0.929 bits per heavy atom. The Hall–Kier alpha value is -1.90. The SMILES string of the molecule is CCCCS(=O)(=O)NC[C@H](c1ccc(N(C)C)cc1)S(=O)(=O)c1ccccc1. The summed E-state index contributed by atoms with van der Waals surface area (Å²) in [5.41, 5.74) is 1.48. The molecule has 8 heteroatoms. The molecule has 0 spiro atoms. The van der Waals surface area contributed by atoms with Crippen LogP contribution in [-0.4, -0.2) is 43.2 Å². The summed E-state index contributed by atoms with van der Waals surface area (Å²) in [6, 6.07) is 15.2. The Morgan fingerprint density at radius 3 is 2.07 bits per heavy atom. The molecular formula is C20H28N2O4S2. The fourth-order valence-electron chi connectivity index (χ4n) is 2.78. The smallest absolute Gasteiger partial charge is 0.211 e. The molecule has 0 aliphatic heterocycles. The van der Waals surface area contributed by atoms with Crippen LogP contribution in [-0.2, 0) is 19.9 Å². The van der Waals surface area contributed by atoms with Crippen LogP contribution in [0.3, 0.4) is 0 Å². The van der Waals surface area contributed by atoms with E-state index in [0.717, 1.165) is 12.1 Å². The van der Waals surface area contributed by atoms with E-state index in [9.17, 15) is 16.8 Å². The lowest BCUT2D eigenvalue weighted by atomic mass is 10.1. The second-order valence-corrected chi connectivity index (χ2v) is 10.9. The summed E-state index contributed by atoms with van der Waals surface area (Å²) in [7, 11) is -3.51. The van der Waals surface area contributed by atoms with Crippen LogP contribution in [0.15, 0.2) is 59.5 Å². The molecule has 0 aliphatic rings. The Kier molecular flexibility index (Phi) is 7.63. The van der Waals surface area contributed by atoms with Crippen LogP contribution in [0.4, 0.5) is 5.69 Å². The average Bonchev–Trinajstić information content (AvgIpc) is 2.67. The summed E-state index contributed by atoms with van der Waals surface area (Å²) in [6.07, 6.45) is 1.28. The van der Waals surface area contributed by atoms with Crippen LogP contribution in [0.2, 0.25) is 0 Å². The minimum atomic E-state index is -3.77. The lowest BCUT2D eigenvalue weighted by Gasteiger charge is -2.20.